The van der Waals surface area contributed by atoms with Gasteiger partial charge in [0.1, 0.15) is 11.5 Å². The highest BCUT2D eigenvalue weighted by Crippen LogP contribution is 2.65. The molecule has 32 heavy (non-hydrogen) atoms. The molecule has 5 aliphatic rings. The number of esters is 1. The molecule has 0 radical (unpaired) electrons. The van der Waals surface area contributed by atoms with Crippen LogP contribution in [0.3, 0.4) is 0 Å². The highest BCUT2D eigenvalue weighted by Gasteiger charge is 2.67. The Bertz CT molecular complexity index is 1140. The van der Waals surface area contributed by atoms with E-state index in [0.29, 0.717) is 35.5 Å². The number of benzene rings is 1. The predicted molar refractivity (Wildman–Crippen MR) is 114 cm³/mol. The number of nitrogens with zero attached hydrogens (tertiary/aromatic N) is 2. The molecule has 7 nitrogen and oxygen atoms in total. The van der Waals surface area contributed by atoms with E-state index in [2.05, 4.69) is 17.3 Å². The second kappa shape index (κ2) is 7.02. The van der Waals surface area contributed by atoms with Crippen molar-refractivity contribution in [2.24, 2.45) is 40.6 Å². The molecule has 1 aliphatic heterocycles. The average Bonchev–Trinajstić information content (AvgIpc) is 3.45. The third-order valence-electron chi connectivity index (χ3n) is 7.25. The lowest BCUT2D eigenvalue weighted by Gasteiger charge is -2.37. The largest absolute Gasteiger partial charge is 0.462 e. The van der Waals surface area contributed by atoms with Gasteiger partial charge in [-0.3, -0.25) is 9.59 Å². The number of amides is 2. The fourth-order valence-corrected chi connectivity index (χ4v) is 5.73. The molecular weight excluding hydrogens is 408 g/mol. The van der Waals surface area contributed by atoms with Crippen LogP contribution in [0.1, 0.15) is 29.5 Å². The number of carbonyl (C=O) groups excluding carboxylic acids is 3. The second-order valence-corrected chi connectivity index (χ2v) is 8.89. The number of carbonyl (C=O) groups is 3. The lowest BCUT2D eigenvalue weighted by molar-refractivity contribution is -0.140. The van der Waals surface area contributed by atoms with Gasteiger partial charge in [-0.1, -0.05) is 24.3 Å². The first-order valence-corrected chi connectivity index (χ1v) is 11.0. The number of hydrogen-bond acceptors (Lipinski definition) is 6. The monoisotopic (exact) mass is 430 g/mol. The zero-order chi connectivity index (χ0) is 22.0. The van der Waals surface area contributed by atoms with Gasteiger partial charge in [-0.05, 0) is 61.3 Å². The van der Waals surface area contributed by atoms with Crippen LogP contribution in [-0.2, 0) is 14.3 Å². The zero-order valence-electron chi connectivity index (χ0n) is 17.5. The maximum atomic E-state index is 13.0. The summed E-state index contributed by atoms with van der Waals surface area (Å²) >= 11 is 0. The molecule has 2 amide bonds. The van der Waals surface area contributed by atoms with Crippen LogP contribution in [0, 0.1) is 35.5 Å². The van der Waals surface area contributed by atoms with Crippen LogP contribution in [0.2, 0.25) is 0 Å². The van der Waals surface area contributed by atoms with Crippen molar-refractivity contribution >= 4 is 24.0 Å². The van der Waals surface area contributed by atoms with Crippen molar-refractivity contribution in [3.8, 4) is 11.3 Å². The Labute approximate surface area is 184 Å². The summed E-state index contributed by atoms with van der Waals surface area (Å²) in [5, 5.41) is 5.25. The molecule has 6 atom stereocenters. The van der Waals surface area contributed by atoms with E-state index < -0.39 is 0 Å². The summed E-state index contributed by atoms with van der Waals surface area (Å²) < 4.78 is 10.8. The fraction of sp³-hybridized carbons (Fsp3) is 0.360. The maximum Gasteiger partial charge on any atom is 0.338 e. The average molecular weight is 430 g/mol. The minimum absolute atomic E-state index is 0.180. The molecule has 2 heterocycles. The van der Waals surface area contributed by atoms with Crippen molar-refractivity contribution in [2.75, 3.05) is 6.61 Å². The Balaban J connectivity index is 1.18. The molecular formula is C25H22N2O5. The van der Waals surface area contributed by atoms with Crippen LogP contribution in [0.5, 0.6) is 0 Å². The molecule has 0 spiro atoms. The summed E-state index contributed by atoms with van der Waals surface area (Å²) in [7, 11) is 0. The molecule has 2 aromatic rings. The smallest absolute Gasteiger partial charge is 0.338 e. The van der Waals surface area contributed by atoms with Gasteiger partial charge >= 0.3 is 5.97 Å². The zero-order valence-corrected chi connectivity index (χ0v) is 17.5. The lowest BCUT2D eigenvalue weighted by atomic mass is 9.63. The number of imide groups is 1. The van der Waals surface area contributed by atoms with Crippen molar-refractivity contribution < 1.29 is 23.5 Å². The van der Waals surface area contributed by atoms with Crippen LogP contribution in [0.25, 0.3) is 11.3 Å². The van der Waals surface area contributed by atoms with Crippen LogP contribution < -0.4 is 0 Å². The van der Waals surface area contributed by atoms with Crippen LogP contribution >= 0.6 is 0 Å². The molecule has 7 heteroatoms. The van der Waals surface area contributed by atoms with Gasteiger partial charge in [0, 0.05) is 5.56 Å². The minimum Gasteiger partial charge on any atom is -0.462 e. The number of rotatable bonds is 5. The van der Waals surface area contributed by atoms with Crippen LogP contribution in [0.4, 0.5) is 0 Å². The third-order valence-corrected chi connectivity index (χ3v) is 7.25. The number of hydrazone groups is 1. The van der Waals surface area contributed by atoms with E-state index in [0.717, 1.165) is 17.0 Å². The van der Waals surface area contributed by atoms with Crippen molar-refractivity contribution in [3.05, 3.63) is 59.9 Å². The van der Waals surface area contributed by atoms with E-state index in [4.69, 9.17) is 9.15 Å². The Morgan fingerprint density at radius 2 is 1.72 bits per heavy atom. The molecule has 1 aromatic heterocycles. The fourth-order valence-electron chi connectivity index (χ4n) is 5.73. The van der Waals surface area contributed by atoms with Crippen molar-refractivity contribution in [1.82, 2.24) is 5.01 Å². The van der Waals surface area contributed by atoms with E-state index in [1.54, 1.807) is 43.3 Å². The molecule has 2 bridgehead atoms. The molecule has 1 saturated heterocycles. The minimum atomic E-state index is -0.368. The van der Waals surface area contributed by atoms with Crippen molar-refractivity contribution in [2.45, 2.75) is 13.3 Å². The molecule has 162 valence electrons. The Morgan fingerprint density at radius 3 is 2.34 bits per heavy atom. The molecule has 0 N–H and O–H groups in total. The van der Waals surface area contributed by atoms with Crippen molar-refractivity contribution in [1.29, 1.82) is 0 Å². The van der Waals surface area contributed by atoms with E-state index >= 15 is 0 Å². The Hall–Kier alpha value is -3.48. The van der Waals surface area contributed by atoms with Gasteiger partial charge in [-0.2, -0.15) is 10.1 Å². The van der Waals surface area contributed by atoms with Gasteiger partial charge in [-0.25, -0.2) is 4.79 Å². The summed E-state index contributed by atoms with van der Waals surface area (Å²) in [5.74, 6) is 1.25. The number of ether oxygens (including phenoxy) is 1. The summed E-state index contributed by atoms with van der Waals surface area (Å²) in [6.45, 7) is 2.09. The molecule has 3 fully saturated rings. The van der Waals surface area contributed by atoms with Crippen LogP contribution in [0.15, 0.2) is 58.1 Å². The van der Waals surface area contributed by atoms with E-state index in [1.165, 1.54) is 6.21 Å². The maximum absolute atomic E-state index is 13.0. The first-order chi connectivity index (χ1) is 15.6. The first-order valence-electron chi connectivity index (χ1n) is 11.0. The van der Waals surface area contributed by atoms with Gasteiger partial charge in [0.2, 0.25) is 0 Å². The summed E-state index contributed by atoms with van der Waals surface area (Å²) in [5.41, 5.74) is 1.26. The standard InChI is InChI=1S/C25H22N2O5/c1-2-31-25(30)14-5-3-13(4-6-14)20-10-7-15(32-20)12-26-27-23(28)21-16-8-9-17(19-11-18(16)19)22(21)24(27)29/h3-10,12,16-19,21-22H,2,11H2,1H3/t16-,17-,18-,19-,21+,22+/m0/s1. The third kappa shape index (κ3) is 2.80. The van der Waals surface area contributed by atoms with Gasteiger partial charge in [0.15, 0.2) is 0 Å². The molecule has 2 saturated carbocycles. The summed E-state index contributed by atoms with van der Waals surface area (Å²) in [6.07, 6.45) is 6.84. The van der Waals surface area contributed by atoms with Gasteiger partial charge in [0.05, 0.1) is 30.2 Å². The number of allylic oxidation sites excluding steroid dienone is 2. The topological polar surface area (TPSA) is 89.2 Å². The molecule has 1 aromatic carbocycles. The Morgan fingerprint density at radius 1 is 1.06 bits per heavy atom. The molecule has 7 rings (SSSR count). The highest BCUT2D eigenvalue weighted by atomic mass is 16.5. The normalized spacial score (nSPS) is 31.8. The first kappa shape index (κ1) is 19.2. The predicted octanol–water partition coefficient (Wildman–Crippen LogP) is 3.51. The van der Waals surface area contributed by atoms with Gasteiger partial charge in [0.25, 0.3) is 11.8 Å². The second-order valence-electron chi connectivity index (χ2n) is 8.89. The van der Waals surface area contributed by atoms with Gasteiger partial charge in [-0.15, -0.1) is 0 Å². The summed E-state index contributed by atoms with van der Waals surface area (Å²) in [6, 6.07) is 10.4. The number of furan rings is 1. The Kier molecular flexibility index (Phi) is 4.22. The molecule has 0 unspecified atom stereocenters. The summed E-state index contributed by atoms with van der Waals surface area (Å²) in [4.78, 5) is 37.7. The van der Waals surface area contributed by atoms with E-state index in [9.17, 15) is 14.4 Å². The van der Waals surface area contributed by atoms with E-state index in [-0.39, 0.29) is 41.5 Å². The lowest BCUT2D eigenvalue weighted by Crippen LogP contribution is -2.40. The van der Waals surface area contributed by atoms with E-state index in [1.807, 2.05) is 0 Å². The van der Waals surface area contributed by atoms with Gasteiger partial charge < -0.3 is 9.15 Å². The molecule has 4 aliphatic carbocycles. The SMILES string of the molecule is CCOC(=O)c1ccc(-c2ccc(C=NN3C(=O)[C@@H]4[C@H]5C=C[C@@H]([C@@H]6C[C@@H]56)[C@H]4C3=O)o2)cc1. The highest BCUT2D eigenvalue weighted by molar-refractivity contribution is 6.06. The quantitative estimate of drug-likeness (QED) is 0.313. The van der Waals surface area contributed by atoms with Crippen LogP contribution in [-0.4, -0.2) is 35.6 Å². The van der Waals surface area contributed by atoms with Crippen molar-refractivity contribution in [3.63, 3.8) is 0 Å². The number of hydrogen-bond donors (Lipinski definition) is 0.